The van der Waals surface area contributed by atoms with Crippen LogP contribution in [0.25, 0.3) is 10.9 Å². The van der Waals surface area contributed by atoms with Crippen molar-refractivity contribution >= 4 is 38.2 Å². The lowest BCUT2D eigenvalue weighted by Crippen LogP contribution is -2.14. The summed E-state index contributed by atoms with van der Waals surface area (Å²) in [6, 6.07) is 11.6. The first kappa shape index (κ1) is 14.7. The van der Waals surface area contributed by atoms with E-state index in [2.05, 4.69) is 9.71 Å². The maximum absolute atomic E-state index is 12.6. The second kappa shape index (κ2) is 5.55. The number of fused-ring (bicyclic) bond motifs is 1. The fourth-order valence-corrected chi connectivity index (χ4v) is 3.75. The number of sulfonamides is 1. The molecule has 3 aromatic rings. The van der Waals surface area contributed by atoms with E-state index in [1.807, 2.05) is 12.1 Å². The second-order valence-corrected chi connectivity index (χ2v) is 6.73. The Morgan fingerprint density at radius 2 is 2.00 bits per heavy atom. The minimum absolute atomic E-state index is 0.00459. The summed E-state index contributed by atoms with van der Waals surface area (Å²) in [4.78, 5) is 3.03. The number of aromatic amines is 1. The van der Waals surface area contributed by atoms with Crippen LogP contribution in [0.4, 0.5) is 5.69 Å². The lowest BCUT2D eigenvalue weighted by molar-refractivity contribution is 0.403. The Bertz CT molecular complexity index is 935. The smallest absolute Gasteiger partial charge is 0.265 e. The fraction of sp³-hybridized carbons (Fsp3) is 0.0667. The van der Waals surface area contributed by atoms with Gasteiger partial charge in [0.05, 0.1) is 12.8 Å². The quantitative estimate of drug-likeness (QED) is 0.764. The number of methoxy groups -OCH3 is 1. The third-order valence-corrected chi connectivity index (χ3v) is 4.88. The van der Waals surface area contributed by atoms with Gasteiger partial charge in [0.2, 0.25) is 0 Å². The molecule has 1 heterocycles. The van der Waals surface area contributed by atoms with Crippen molar-refractivity contribution in [1.82, 2.24) is 4.98 Å². The molecule has 0 unspecified atom stereocenters. The predicted molar refractivity (Wildman–Crippen MR) is 87.1 cm³/mol. The number of halogens is 1. The maximum atomic E-state index is 12.6. The summed E-state index contributed by atoms with van der Waals surface area (Å²) >= 11 is 5.91. The monoisotopic (exact) mass is 336 g/mol. The highest BCUT2D eigenvalue weighted by Gasteiger charge is 2.21. The van der Waals surface area contributed by atoms with Gasteiger partial charge < -0.3 is 9.72 Å². The molecule has 0 aliphatic rings. The fourth-order valence-electron chi connectivity index (χ4n) is 2.23. The molecular weight excluding hydrogens is 324 g/mol. The van der Waals surface area contributed by atoms with Crippen molar-refractivity contribution < 1.29 is 13.2 Å². The number of hydrogen-bond acceptors (Lipinski definition) is 3. The highest BCUT2D eigenvalue weighted by atomic mass is 35.5. The molecule has 3 rings (SSSR count). The number of aromatic nitrogens is 1. The summed E-state index contributed by atoms with van der Waals surface area (Å²) in [6.45, 7) is 0. The Kier molecular flexibility index (Phi) is 3.72. The summed E-state index contributed by atoms with van der Waals surface area (Å²) in [5, 5.41) is 1.10. The van der Waals surface area contributed by atoms with Crippen molar-refractivity contribution in [3.05, 3.63) is 53.7 Å². The Morgan fingerprint density at radius 3 is 2.77 bits per heavy atom. The normalized spacial score (nSPS) is 11.5. The number of anilines is 1. The van der Waals surface area contributed by atoms with E-state index in [0.717, 1.165) is 10.9 Å². The van der Waals surface area contributed by atoms with Crippen molar-refractivity contribution in [3.63, 3.8) is 0 Å². The first-order valence-corrected chi connectivity index (χ1v) is 8.30. The molecule has 114 valence electrons. The number of hydrogen-bond donors (Lipinski definition) is 2. The average molecular weight is 337 g/mol. The molecule has 0 aliphatic heterocycles. The van der Waals surface area contributed by atoms with E-state index >= 15 is 0 Å². The molecule has 5 nitrogen and oxygen atoms in total. The zero-order chi connectivity index (χ0) is 15.7. The third-order valence-electron chi connectivity index (χ3n) is 3.25. The van der Waals surface area contributed by atoms with Crippen LogP contribution >= 0.6 is 11.6 Å². The van der Waals surface area contributed by atoms with E-state index in [1.54, 1.807) is 24.4 Å². The van der Waals surface area contributed by atoms with Gasteiger partial charge in [-0.3, -0.25) is 4.72 Å². The first-order chi connectivity index (χ1) is 10.5. The van der Waals surface area contributed by atoms with E-state index in [4.69, 9.17) is 16.3 Å². The minimum atomic E-state index is -3.82. The molecule has 0 spiro atoms. The standard InChI is InChI=1S/C15H13ClN2O3S/c1-21-14-6-5-10(16)9-15(14)22(19,20)18-13-4-2-3-12-11(13)7-8-17-12/h2-9,17-18H,1H3. The van der Waals surface area contributed by atoms with Gasteiger partial charge in [-0.15, -0.1) is 0 Å². The lowest BCUT2D eigenvalue weighted by Gasteiger charge is -2.12. The zero-order valence-corrected chi connectivity index (χ0v) is 13.2. The van der Waals surface area contributed by atoms with Gasteiger partial charge in [-0.1, -0.05) is 17.7 Å². The van der Waals surface area contributed by atoms with Crippen molar-refractivity contribution in [2.45, 2.75) is 4.90 Å². The molecule has 7 heteroatoms. The van der Waals surface area contributed by atoms with E-state index in [0.29, 0.717) is 10.7 Å². The van der Waals surface area contributed by atoms with Gasteiger partial charge in [-0.05, 0) is 36.4 Å². The SMILES string of the molecule is COc1ccc(Cl)cc1S(=O)(=O)Nc1cccc2[nH]ccc12. The Labute approximate surface area is 132 Å². The summed E-state index contributed by atoms with van der Waals surface area (Å²) in [5.41, 5.74) is 1.33. The molecule has 2 aromatic carbocycles. The van der Waals surface area contributed by atoms with Gasteiger partial charge in [-0.25, -0.2) is 8.42 Å². The topological polar surface area (TPSA) is 71.2 Å². The number of H-pyrrole nitrogens is 1. The highest BCUT2D eigenvalue weighted by molar-refractivity contribution is 7.92. The molecular formula is C15H13ClN2O3S. The molecule has 1 aromatic heterocycles. The molecule has 2 N–H and O–H groups in total. The van der Waals surface area contributed by atoms with Crippen LogP contribution in [0.1, 0.15) is 0 Å². The zero-order valence-electron chi connectivity index (χ0n) is 11.6. The predicted octanol–water partition coefficient (Wildman–Crippen LogP) is 3.63. The average Bonchev–Trinajstić information content (AvgIpc) is 2.96. The Balaban J connectivity index is 2.08. The van der Waals surface area contributed by atoms with Gasteiger partial charge in [0.1, 0.15) is 10.6 Å². The molecule has 0 aliphatic carbocycles. The summed E-state index contributed by atoms with van der Waals surface area (Å²) < 4.78 is 33.0. The van der Waals surface area contributed by atoms with Crippen LogP contribution in [0, 0.1) is 0 Å². The summed E-state index contributed by atoms with van der Waals surface area (Å²) in [5.74, 6) is 0.234. The molecule has 0 fully saturated rings. The van der Waals surface area contributed by atoms with Gasteiger partial charge in [0.15, 0.2) is 0 Å². The minimum Gasteiger partial charge on any atom is -0.495 e. The van der Waals surface area contributed by atoms with Crippen LogP contribution in [0.2, 0.25) is 5.02 Å². The van der Waals surface area contributed by atoms with Gasteiger partial charge >= 0.3 is 0 Å². The molecule has 22 heavy (non-hydrogen) atoms. The molecule has 0 amide bonds. The van der Waals surface area contributed by atoms with Gasteiger partial charge in [0.25, 0.3) is 10.0 Å². The van der Waals surface area contributed by atoms with Crippen LogP contribution in [-0.2, 0) is 10.0 Å². The maximum Gasteiger partial charge on any atom is 0.265 e. The largest absolute Gasteiger partial charge is 0.495 e. The van der Waals surface area contributed by atoms with E-state index < -0.39 is 10.0 Å². The highest BCUT2D eigenvalue weighted by Crippen LogP contribution is 2.30. The van der Waals surface area contributed by atoms with E-state index in [1.165, 1.54) is 19.2 Å². The molecule has 0 radical (unpaired) electrons. The first-order valence-electron chi connectivity index (χ1n) is 6.44. The molecule has 0 saturated heterocycles. The molecule has 0 atom stereocenters. The van der Waals surface area contributed by atoms with Crippen molar-refractivity contribution in [2.75, 3.05) is 11.8 Å². The van der Waals surface area contributed by atoms with Gasteiger partial charge in [0, 0.05) is 22.1 Å². The third kappa shape index (κ3) is 2.63. The Hall–Kier alpha value is -2.18. The number of rotatable bonds is 4. The number of ether oxygens (including phenoxy) is 1. The summed E-state index contributed by atoms with van der Waals surface area (Å²) in [7, 11) is -2.41. The van der Waals surface area contributed by atoms with Crippen LogP contribution in [0.15, 0.2) is 53.6 Å². The van der Waals surface area contributed by atoms with Crippen LogP contribution in [0.5, 0.6) is 5.75 Å². The second-order valence-electron chi connectivity index (χ2n) is 4.65. The van der Waals surface area contributed by atoms with Crippen LogP contribution < -0.4 is 9.46 Å². The van der Waals surface area contributed by atoms with Crippen molar-refractivity contribution in [1.29, 1.82) is 0 Å². The van der Waals surface area contributed by atoms with Crippen molar-refractivity contribution in [2.24, 2.45) is 0 Å². The lowest BCUT2D eigenvalue weighted by atomic mass is 10.2. The molecule has 0 bridgehead atoms. The van der Waals surface area contributed by atoms with E-state index in [9.17, 15) is 8.42 Å². The van der Waals surface area contributed by atoms with Crippen molar-refractivity contribution in [3.8, 4) is 5.75 Å². The van der Waals surface area contributed by atoms with Crippen LogP contribution in [-0.4, -0.2) is 20.5 Å². The van der Waals surface area contributed by atoms with E-state index in [-0.39, 0.29) is 10.6 Å². The number of benzene rings is 2. The summed E-state index contributed by atoms with van der Waals surface area (Å²) in [6.07, 6.45) is 1.75. The molecule has 0 saturated carbocycles. The van der Waals surface area contributed by atoms with Crippen LogP contribution in [0.3, 0.4) is 0 Å². The Morgan fingerprint density at radius 1 is 1.18 bits per heavy atom. The van der Waals surface area contributed by atoms with Gasteiger partial charge in [-0.2, -0.15) is 0 Å². The number of nitrogens with one attached hydrogen (secondary N) is 2.